The highest BCUT2D eigenvalue weighted by Crippen LogP contribution is 2.16. The Hall–Kier alpha value is -3.71. The molecule has 1 unspecified atom stereocenters. The number of hydrogen-bond acceptors (Lipinski definition) is 4. The Morgan fingerprint density at radius 3 is 2.40 bits per heavy atom. The molecule has 2 N–H and O–H groups in total. The lowest BCUT2D eigenvalue weighted by atomic mass is 10.1. The van der Waals surface area contributed by atoms with Gasteiger partial charge in [0.25, 0.3) is 5.91 Å². The molecule has 0 aliphatic rings. The van der Waals surface area contributed by atoms with Crippen LogP contribution in [0.3, 0.4) is 0 Å². The number of amides is 2. The minimum absolute atomic E-state index is 0.272. The van der Waals surface area contributed by atoms with Crippen molar-refractivity contribution in [1.29, 1.82) is 0 Å². The summed E-state index contributed by atoms with van der Waals surface area (Å²) in [4.78, 5) is 26.0. The van der Waals surface area contributed by atoms with Gasteiger partial charge in [0.2, 0.25) is 5.91 Å². The Bertz CT molecular complexity index is 1110. The molecule has 150 valence electrons. The van der Waals surface area contributed by atoms with E-state index in [1.807, 2.05) is 78.3 Å². The maximum absolute atomic E-state index is 12.9. The van der Waals surface area contributed by atoms with Crippen molar-refractivity contribution in [2.75, 3.05) is 0 Å². The van der Waals surface area contributed by atoms with Crippen molar-refractivity contribution in [2.24, 2.45) is 0 Å². The molecule has 4 rings (SSSR count). The van der Waals surface area contributed by atoms with Gasteiger partial charge < -0.3 is 10.6 Å². The average molecular weight is 417 g/mol. The van der Waals surface area contributed by atoms with Gasteiger partial charge in [-0.1, -0.05) is 54.6 Å². The fraction of sp³-hybridized carbons (Fsp3) is 0.0870. The third kappa shape index (κ3) is 4.64. The Balaban J connectivity index is 1.45. The number of benzene rings is 2. The van der Waals surface area contributed by atoms with Crippen molar-refractivity contribution >= 4 is 23.2 Å². The quantitative estimate of drug-likeness (QED) is 0.482. The lowest BCUT2D eigenvalue weighted by Crippen LogP contribution is -2.40. The first kappa shape index (κ1) is 19.6. The van der Waals surface area contributed by atoms with Crippen LogP contribution in [-0.4, -0.2) is 21.6 Å². The second-order valence-electron chi connectivity index (χ2n) is 6.64. The molecule has 7 heteroatoms. The minimum Gasteiger partial charge on any atom is -0.350 e. The van der Waals surface area contributed by atoms with Gasteiger partial charge in [-0.05, 0) is 29.1 Å². The zero-order valence-corrected chi connectivity index (χ0v) is 16.9. The molecule has 6 nitrogen and oxygen atoms in total. The first-order valence-corrected chi connectivity index (χ1v) is 10.3. The van der Waals surface area contributed by atoms with Gasteiger partial charge in [0.1, 0.15) is 6.04 Å². The van der Waals surface area contributed by atoms with E-state index in [0.29, 0.717) is 11.4 Å². The molecular formula is C23H20N4O2S. The summed E-state index contributed by atoms with van der Waals surface area (Å²) in [5, 5.41) is 11.9. The number of hydrogen-bond donors (Lipinski definition) is 2. The number of carbonyl (C=O) groups excluding carboxylic acids is 2. The lowest BCUT2D eigenvalue weighted by molar-refractivity contribution is -0.123. The van der Waals surface area contributed by atoms with E-state index in [-0.39, 0.29) is 11.8 Å². The van der Waals surface area contributed by atoms with Crippen molar-refractivity contribution in [3.8, 4) is 5.69 Å². The zero-order valence-electron chi connectivity index (χ0n) is 16.1. The molecule has 0 aliphatic carbocycles. The van der Waals surface area contributed by atoms with E-state index in [2.05, 4.69) is 15.7 Å². The van der Waals surface area contributed by atoms with Crippen LogP contribution >= 0.6 is 11.3 Å². The normalized spacial score (nSPS) is 11.6. The molecule has 0 saturated heterocycles. The summed E-state index contributed by atoms with van der Waals surface area (Å²) in [7, 11) is 0. The van der Waals surface area contributed by atoms with E-state index in [9.17, 15) is 9.59 Å². The third-order valence-electron chi connectivity index (χ3n) is 4.54. The molecule has 2 aromatic heterocycles. The largest absolute Gasteiger partial charge is 0.350 e. The molecule has 30 heavy (non-hydrogen) atoms. The summed E-state index contributed by atoms with van der Waals surface area (Å²) in [5.41, 5.74) is 2.53. The van der Waals surface area contributed by atoms with Crippen molar-refractivity contribution in [3.63, 3.8) is 0 Å². The van der Waals surface area contributed by atoms with E-state index in [1.165, 1.54) is 11.3 Å². The van der Waals surface area contributed by atoms with E-state index in [4.69, 9.17) is 0 Å². The van der Waals surface area contributed by atoms with Gasteiger partial charge in [-0.2, -0.15) is 5.10 Å². The fourth-order valence-corrected chi connectivity index (χ4v) is 3.65. The number of rotatable bonds is 7. The van der Waals surface area contributed by atoms with Crippen LogP contribution in [0.1, 0.15) is 26.8 Å². The van der Waals surface area contributed by atoms with Gasteiger partial charge in [0, 0.05) is 18.3 Å². The van der Waals surface area contributed by atoms with Crippen LogP contribution in [0.5, 0.6) is 0 Å². The van der Waals surface area contributed by atoms with Crippen molar-refractivity contribution < 1.29 is 9.59 Å². The highest BCUT2D eigenvalue weighted by Gasteiger charge is 2.23. The number of nitrogens with zero attached hydrogens (tertiary/aromatic N) is 2. The van der Waals surface area contributed by atoms with Gasteiger partial charge >= 0.3 is 0 Å². The second kappa shape index (κ2) is 9.19. The van der Waals surface area contributed by atoms with Crippen LogP contribution in [0, 0.1) is 0 Å². The monoisotopic (exact) mass is 416 g/mol. The summed E-state index contributed by atoms with van der Waals surface area (Å²) < 4.78 is 1.76. The number of aromatic nitrogens is 2. The Kier molecular flexibility index (Phi) is 6.01. The van der Waals surface area contributed by atoms with Crippen molar-refractivity contribution in [2.45, 2.75) is 12.6 Å². The van der Waals surface area contributed by atoms with Crippen LogP contribution in [0.25, 0.3) is 5.69 Å². The summed E-state index contributed by atoms with van der Waals surface area (Å²) in [6, 6.07) is 21.7. The van der Waals surface area contributed by atoms with E-state index in [1.54, 1.807) is 16.9 Å². The molecule has 2 aromatic carbocycles. The smallest absolute Gasteiger partial charge is 0.262 e. The maximum atomic E-state index is 12.9. The Labute approximate surface area is 178 Å². The molecular weight excluding hydrogens is 396 g/mol. The summed E-state index contributed by atoms with van der Waals surface area (Å²) >= 11 is 1.34. The summed E-state index contributed by atoms with van der Waals surface area (Å²) in [6.07, 6.45) is 3.59. The standard InChI is InChI=1S/C23H20N4O2S/c28-22(20-12-7-13-30-20)26-21(18-8-3-1-4-9-18)23(29)24-14-17-15-25-27(16-17)19-10-5-2-6-11-19/h1-13,15-16,21H,14H2,(H,24,29)(H,26,28). The number of carbonyl (C=O) groups is 2. The average Bonchev–Trinajstić information content (AvgIpc) is 3.49. The second-order valence-corrected chi connectivity index (χ2v) is 7.59. The highest BCUT2D eigenvalue weighted by atomic mass is 32.1. The summed E-state index contributed by atoms with van der Waals surface area (Å²) in [5.74, 6) is -0.551. The molecule has 4 aromatic rings. The molecule has 1 atom stereocenters. The number of para-hydroxylation sites is 1. The van der Waals surface area contributed by atoms with Crippen LogP contribution in [0.4, 0.5) is 0 Å². The molecule has 0 radical (unpaired) electrons. The van der Waals surface area contributed by atoms with Crippen LogP contribution < -0.4 is 10.6 Å². The summed E-state index contributed by atoms with van der Waals surface area (Å²) in [6.45, 7) is 0.309. The van der Waals surface area contributed by atoms with Gasteiger partial charge in [-0.25, -0.2) is 4.68 Å². The van der Waals surface area contributed by atoms with Gasteiger partial charge in [0.15, 0.2) is 0 Å². The number of thiophene rings is 1. The predicted molar refractivity (Wildman–Crippen MR) is 116 cm³/mol. The van der Waals surface area contributed by atoms with Gasteiger partial charge in [-0.15, -0.1) is 11.3 Å². The molecule has 2 amide bonds. The van der Waals surface area contributed by atoms with Gasteiger partial charge in [0.05, 0.1) is 16.8 Å². The molecule has 2 heterocycles. The molecule has 0 spiro atoms. The minimum atomic E-state index is -0.787. The zero-order chi connectivity index (χ0) is 20.8. The van der Waals surface area contributed by atoms with Crippen molar-refractivity contribution in [3.05, 3.63) is 107 Å². The van der Waals surface area contributed by atoms with E-state index >= 15 is 0 Å². The van der Waals surface area contributed by atoms with E-state index in [0.717, 1.165) is 16.8 Å². The Morgan fingerprint density at radius 2 is 1.70 bits per heavy atom. The Morgan fingerprint density at radius 1 is 0.967 bits per heavy atom. The van der Waals surface area contributed by atoms with Crippen LogP contribution in [0.15, 0.2) is 90.6 Å². The topological polar surface area (TPSA) is 76.0 Å². The fourth-order valence-electron chi connectivity index (χ4n) is 3.02. The molecule has 0 fully saturated rings. The van der Waals surface area contributed by atoms with E-state index < -0.39 is 6.04 Å². The van der Waals surface area contributed by atoms with Crippen molar-refractivity contribution in [1.82, 2.24) is 20.4 Å². The molecule has 0 saturated carbocycles. The number of nitrogens with one attached hydrogen (secondary N) is 2. The third-order valence-corrected chi connectivity index (χ3v) is 5.41. The molecule has 0 aliphatic heterocycles. The van der Waals surface area contributed by atoms with Crippen LogP contribution in [0.2, 0.25) is 0 Å². The SMILES string of the molecule is O=C(NC(C(=O)NCc1cnn(-c2ccccc2)c1)c1ccccc1)c1cccs1. The first-order valence-electron chi connectivity index (χ1n) is 9.47. The highest BCUT2D eigenvalue weighted by molar-refractivity contribution is 7.12. The molecule has 0 bridgehead atoms. The predicted octanol–water partition coefficient (Wildman–Crippen LogP) is 3.72. The lowest BCUT2D eigenvalue weighted by Gasteiger charge is -2.18. The van der Waals surface area contributed by atoms with Gasteiger partial charge in [-0.3, -0.25) is 9.59 Å². The first-order chi connectivity index (χ1) is 14.7. The van der Waals surface area contributed by atoms with Crippen LogP contribution in [-0.2, 0) is 11.3 Å². The maximum Gasteiger partial charge on any atom is 0.262 e.